The van der Waals surface area contributed by atoms with Crippen molar-refractivity contribution in [1.29, 1.82) is 0 Å². The quantitative estimate of drug-likeness (QED) is 0.711. The Balaban J connectivity index is 1.44. The van der Waals surface area contributed by atoms with E-state index in [1.54, 1.807) is 6.20 Å². The van der Waals surface area contributed by atoms with Crippen LogP contribution in [0, 0.1) is 12.8 Å². The molecule has 1 amide bonds. The number of aromatic nitrogens is 4. The predicted molar refractivity (Wildman–Crippen MR) is 101 cm³/mol. The number of hydrogen-bond acceptors (Lipinski definition) is 5. The lowest BCUT2D eigenvalue weighted by molar-refractivity contribution is 0.0792. The van der Waals surface area contributed by atoms with Crippen LogP contribution in [-0.4, -0.2) is 43.4 Å². The van der Waals surface area contributed by atoms with Crippen LogP contribution < -0.4 is 0 Å². The summed E-state index contributed by atoms with van der Waals surface area (Å²) in [5.41, 5.74) is 2.78. The lowest BCUT2D eigenvalue weighted by Gasteiger charge is -2.15. The van der Waals surface area contributed by atoms with Crippen molar-refractivity contribution in [2.45, 2.75) is 19.8 Å². The molecule has 1 unspecified atom stereocenters. The fraction of sp³-hybridized carbons (Fsp3) is 0.368. The van der Waals surface area contributed by atoms with E-state index < -0.39 is 0 Å². The third-order valence-corrected chi connectivity index (χ3v) is 5.83. The molecule has 1 fully saturated rings. The van der Waals surface area contributed by atoms with Gasteiger partial charge in [0.15, 0.2) is 0 Å². The molecule has 0 aromatic carbocycles. The summed E-state index contributed by atoms with van der Waals surface area (Å²) in [4.78, 5) is 28.7. The number of hydrogen-bond donors (Lipinski definition) is 0. The first-order chi connectivity index (χ1) is 12.6. The molecule has 4 rings (SSSR count). The van der Waals surface area contributed by atoms with Crippen molar-refractivity contribution in [1.82, 2.24) is 24.4 Å². The Morgan fingerprint density at radius 2 is 2.23 bits per heavy atom. The van der Waals surface area contributed by atoms with Crippen LogP contribution in [0.3, 0.4) is 0 Å². The third kappa shape index (κ3) is 3.26. The van der Waals surface area contributed by atoms with Gasteiger partial charge in [0.1, 0.15) is 11.5 Å². The van der Waals surface area contributed by atoms with Gasteiger partial charge in [-0.3, -0.25) is 9.78 Å². The highest BCUT2D eigenvalue weighted by atomic mass is 32.1. The molecule has 1 aliphatic heterocycles. The summed E-state index contributed by atoms with van der Waals surface area (Å²) in [6, 6.07) is 3.82. The van der Waals surface area contributed by atoms with Gasteiger partial charge in [-0.1, -0.05) is 6.07 Å². The third-order valence-electron chi connectivity index (χ3n) is 4.97. The standard InChI is InChI=1S/C19H21N5OS/c1-13-21-11-17(23(13)2)16-10-20-9-15(22-16)8-14-5-6-24(12-14)19(25)18-4-3-7-26-18/h3-4,7,9-11,14H,5-6,8,12H2,1-2H3. The molecule has 0 N–H and O–H groups in total. The van der Waals surface area contributed by atoms with E-state index in [1.807, 2.05) is 53.3 Å². The van der Waals surface area contributed by atoms with E-state index in [-0.39, 0.29) is 5.91 Å². The zero-order valence-corrected chi connectivity index (χ0v) is 15.7. The molecular weight excluding hydrogens is 346 g/mol. The van der Waals surface area contributed by atoms with E-state index in [2.05, 4.69) is 9.97 Å². The van der Waals surface area contributed by atoms with Crippen LogP contribution in [0.5, 0.6) is 0 Å². The smallest absolute Gasteiger partial charge is 0.263 e. The summed E-state index contributed by atoms with van der Waals surface area (Å²) in [7, 11) is 1.98. The van der Waals surface area contributed by atoms with Crippen molar-refractivity contribution in [2.75, 3.05) is 13.1 Å². The van der Waals surface area contributed by atoms with Crippen LogP contribution in [0.15, 0.2) is 36.1 Å². The SMILES string of the molecule is Cc1ncc(-c2cncc(CC3CCN(C(=O)c4cccs4)C3)n2)n1C. The zero-order valence-electron chi connectivity index (χ0n) is 14.9. The number of likely N-dealkylation sites (tertiary alicyclic amines) is 1. The van der Waals surface area contributed by atoms with Crippen molar-refractivity contribution >= 4 is 17.2 Å². The van der Waals surface area contributed by atoms with Crippen molar-refractivity contribution in [2.24, 2.45) is 13.0 Å². The molecule has 134 valence electrons. The Morgan fingerprint density at radius 1 is 1.35 bits per heavy atom. The Kier molecular flexibility index (Phi) is 4.55. The van der Waals surface area contributed by atoms with E-state index in [4.69, 9.17) is 4.98 Å². The maximum Gasteiger partial charge on any atom is 0.263 e. The average molecular weight is 367 g/mol. The summed E-state index contributed by atoms with van der Waals surface area (Å²) in [5, 5.41) is 1.95. The van der Waals surface area contributed by atoms with Crippen molar-refractivity contribution < 1.29 is 4.79 Å². The lowest BCUT2D eigenvalue weighted by Crippen LogP contribution is -2.28. The molecule has 1 atom stereocenters. The fourth-order valence-electron chi connectivity index (χ4n) is 3.40. The van der Waals surface area contributed by atoms with Crippen LogP contribution in [-0.2, 0) is 13.5 Å². The van der Waals surface area contributed by atoms with E-state index in [9.17, 15) is 4.79 Å². The minimum absolute atomic E-state index is 0.146. The summed E-state index contributed by atoms with van der Waals surface area (Å²) in [6.45, 7) is 3.57. The van der Waals surface area contributed by atoms with Gasteiger partial charge >= 0.3 is 0 Å². The van der Waals surface area contributed by atoms with Gasteiger partial charge in [-0.15, -0.1) is 11.3 Å². The Morgan fingerprint density at radius 3 is 2.96 bits per heavy atom. The molecule has 6 nitrogen and oxygen atoms in total. The molecule has 0 spiro atoms. The number of rotatable bonds is 4. The molecule has 1 aliphatic rings. The number of aryl methyl sites for hydroxylation is 1. The monoisotopic (exact) mass is 367 g/mol. The Bertz CT molecular complexity index is 918. The van der Waals surface area contributed by atoms with Crippen LogP contribution in [0.2, 0.25) is 0 Å². The first-order valence-electron chi connectivity index (χ1n) is 8.74. The van der Waals surface area contributed by atoms with E-state index in [0.29, 0.717) is 5.92 Å². The van der Waals surface area contributed by atoms with Crippen LogP contribution in [0.25, 0.3) is 11.4 Å². The van der Waals surface area contributed by atoms with Crippen LogP contribution >= 0.6 is 11.3 Å². The Hall–Kier alpha value is -2.54. The molecule has 3 aromatic heterocycles. The van der Waals surface area contributed by atoms with Crippen molar-refractivity contribution in [3.63, 3.8) is 0 Å². The topological polar surface area (TPSA) is 63.9 Å². The summed E-state index contributed by atoms with van der Waals surface area (Å²) < 4.78 is 2.02. The second kappa shape index (κ2) is 6.99. The highest BCUT2D eigenvalue weighted by molar-refractivity contribution is 7.12. The summed E-state index contributed by atoms with van der Waals surface area (Å²) >= 11 is 1.50. The molecular formula is C19H21N5OS. The summed E-state index contributed by atoms with van der Waals surface area (Å²) in [6.07, 6.45) is 7.29. The number of thiophene rings is 1. The second-order valence-corrected chi connectivity index (χ2v) is 7.68. The molecule has 26 heavy (non-hydrogen) atoms. The molecule has 4 heterocycles. The molecule has 0 bridgehead atoms. The molecule has 0 aliphatic carbocycles. The number of nitrogens with zero attached hydrogens (tertiary/aromatic N) is 5. The van der Waals surface area contributed by atoms with E-state index in [0.717, 1.165) is 53.7 Å². The molecule has 3 aromatic rings. The maximum absolute atomic E-state index is 12.5. The normalized spacial score (nSPS) is 17.0. The fourth-order valence-corrected chi connectivity index (χ4v) is 4.09. The number of imidazole rings is 1. The van der Waals surface area contributed by atoms with Gasteiger partial charge in [0.2, 0.25) is 0 Å². The minimum Gasteiger partial charge on any atom is -0.338 e. The summed E-state index contributed by atoms with van der Waals surface area (Å²) in [5.74, 6) is 1.52. The predicted octanol–water partition coefficient (Wildman–Crippen LogP) is 2.95. The van der Waals surface area contributed by atoms with E-state index in [1.165, 1.54) is 11.3 Å². The molecule has 7 heteroatoms. The molecule has 0 radical (unpaired) electrons. The minimum atomic E-state index is 0.146. The zero-order chi connectivity index (χ0) is 18.1. The van der Waals surface area contributed by atoms with Gasteiger partial charge in [-0.05, 0) is 37.1 Å². The van der Waals surface area contributed by atoms with Gasteiger partial charge < -0.3 is 9.47 Å². The first-order valence-corrected chi connectivity index (χ1v) is 9.62. The average Bonchev–Trinajstić information content (AvgIpc) is 3.38. The molecule has 1 saturated heterocycles. The van der Waals surface area contributed by atoms with Gasteiger partial charge in [0.25, 0.3) is 5.91 Å². The van der Waals surface area contributed by atoms with Crippen molar-refractivity contribution in [3.05, 3.63) is 52.5 Å². The maximum atomic E-state index is 12.5. The second-order valence-electron chi connectivity index (χ2n) is 6.73. The Labute approximate surface area is 156 Å². The molecule has 0 saturated carbocycles. The largest absolute Gasteiger partial charge is 0.338 e. The number of carbonyl (C=O) groups is 1. The van der Waals surface area contributed by atoms with Crippen molar-refractivity contribution in [3.8, 4) is 11.4 Å². The van der Waals surface area contributed by atoms with Gasteiger partial charge in [-0.2, -0.15) is 0 Å². The van der Waals surface area contributed by atoms with Gasteiger partial charge in [0.05, 0.1) is 28.7 Å². The van der Waals surface area contributed by atoms with Gasteiger partial charge in [-0.25, -0.2) is 9.97 Å². The first kappa shape index (κ1) is 16.9. The highest BCUT2D eigenvalue weighted by Crippen LogP contribution is 2.24. The van der Waals surface area contributed by atoms with Crippen LogP contribution in [0.4, 0.5) is 0 Å². The lowest BCUT2D eigenvalue weighted by atomic mass is 10.0. The highest BCUT2D eigenvalue weighted by Gasteiger charge is 2.28. The number of amides is 1. The van der Waals surface area contributed by atoms with Gasteiger partial charge in [0, 0.05) is 26.3 Å². The number of carbonyl (C=O) groups excluding carboxylic acids is 1. The van der Waals surface area contributed by atoms with Crippen LogP contribution in [0.1, 0.15) is 27.6 Å². The van der Waals surface area contributed by atoms with E-state index >= 15 is 0 Å².